The molecule has 1 saturated carbocycles. The Morgan fingerprint density at radius 3 is 3.00 bits per heavy atom. The fourth-order valence-corrected chi connectivity index (χ4v) is 3.06. The first kappa shape index (κ1) is 12.4. The number of hydrogen-bond donors (Lipinski definition) is 2. The van der Waals surface area contributed by atoms with Gasteiger partial charge in [0.2, 0.25) is 0 Å². The Hall–Kier alpha value is -1.10. The van der Waals surface area contributed by atoms with Gasteiger partial charge in [0, 0.05) is 11.4 Å². The van der Waals surface area contributed by atoms with E-state index in [4.69, 9.17) is 5.73 Å². The quantitative estimate of drug-likeness (QED) is 0.869. The van der Waals surface area contributed by atoms with Crippen molar-refractivity contribution in [2.75, 3.05) is 5.73 Å². The van der Waals surface area contributed by atoms with E-state index in [9.17, 15) is 4.79 Å². The van der Waals surface area contributed by atoms with Gasteiger partial charge in [-0.05, 0) is 18.8 Å². The molecule has 0 aromatic carbocycles. The molecule has 4 nitrogen and oxygen atoms in total. The third-order valence-corrected chi connectivity index (χ3v) is 4.18. The van der Waals surface area contributed by atoms with Crippen molar-refractivity contribution in [3.05, 3.63) is 11.1 Å². The molecule has 2 unspecified atom stereocenters. The first-order valence-electron chi connectivity index (χ1n) is 6.22. The highest BCUT2D eigenvalue weighted by Gasteiger charge is 2.25. The predicted molar refractivity (Wildman–Crippen MR) is 70.0 cm³/mol. The van der Waals surface area contributed by atoms with Crippen LogP contribution >= 0.6 is 11.3 Å². The molecule has 2 atom stereocenters. The van der Waals surface area contributed by atoms with E-state index in [1.54, 1.807) is 5.38 Å². The molecule has 1 amide bonds. The van der Waals surface area contributed by atoms with Crippen LogP contribution in [0.4, 0.5) is 5.13 Å². The summed E-state index contributed by atoms with van der Waals surface area (Å²) in [7, 11) is 0. The van der Waals surface area contributed by atoms with Gasteiger partial charge in [-0.25, -0.2) is 4.98 Å². The van der Waals surface area contributed by atoms with E-state index < -0.39 is 0 Å². The Balaban J connectivity index is 1.97. The second-order valence-electron chi connectivity index (χ2n) is 4.60. The summed E-state index contributed by atoms with van der Waals surface area (Å²) < 4.78 is 0. The van der Waals surface area contributed by atoms with Crippen LogP contribution in [-0.4, -0.2) is 16.9 Å². The molecule has 3 N–H and O–H groups in total. The maximum atomic E-state index is 12.0. The SMILES string of the molecule is CCC1CCCCC1NC(=O)c1csc(N)n1. The number of anilines is 1. The lowest BCUT2D eigenvalue weighted by Gasteiger charge is -2.31. The zero-order chi connectivity index (χ0) is 12.3. The summed E-state index contributed by atoms with van der Waals surface area (Å²) in [6.45, 7) is 2.19. The first-order valence-corrected chi connectivity index (χ1v) is 7.10. The molecule has 17 heavy (non-hydrogen) atoms. The van der Waals surface area contributed by atoms with Gasteiger partial charge >= 0.3 is 0 Å². The van der Waals surface area contributed by atoms with Crippen LogP contribution in [0.15, 0.2) is 5.38 Å². The predicted octanol–water partition coefficient (Wildman–Crippen LogP) is 2.42. The lowest BCUT2D eigenvalue weighted by molar-refractivity contribution is 0.0900. The summed E-state index contributed by atoms with van der Waals surface area (Å²) in [6, 6.07) is 0.309. The van der Waals surface area contributed by atoms with E-state index in [1.807, 2.05) is 0 Å². The van der Waals surface area contributed by atoms with Crippen LogP contribution in [-0.2, 0) is 0 Å². The van der Waals surface area contributed by atoms with E-state index in [-0.39, 0.29) is 5.91 Å². The number of aromatic nitrogens is 1. The van der Waals surface area contributed by atoms with Crippen molar-refractivity contribution in [2.24, 2.45) is 5.92 Å². The van der Waals surface area contributed by atoms with Gasteiger partial charge in [0.15, 0.2) is 5.13 Å². The molecule has 0 aliphatic heterocycles. The number of rotatable bonds is 3. The molecule has 1 aromatic rings. The lowest BCUT2D eigenvalue weighted by atomic mass is 9.83. The van der Waals surface area contributed by atoms with Crippen LogP contribution in [0.25, 0.3) is 0 Å². The number of carbonyl (C=O) groups excluding carboxylic acids is 1. The van der Waals surface area contributed by atoms with E-state index >= 15 is 0 Å². The highest BCUT2D eigenvalue weighted by atomic mass is 32.1. The Labute approximate surface area is 106 Å². The van der Waals surface area contributed by atoms with Crippen molar-refractivity contribution in [1.82, 2.24) is 10.3 Å². The van der Waals surface area contributed by atoms with Crippen molar-refractivity contribution >= 4 is 22.4 Å². The average molecular weight is 253 g/mol. The molecule has 1 heterocycles. The maximum absolute atomic E-state index is 12.0. The Morgan fingerprint density at radius 2 is 2.35 bits per heavy atom. The van der Waals surface area contributed by atoms with Gasteiger partial charge in [-0.15, -0.1) is 11.3 Å². The zero-order valence-corrected chi connectivity index (χ0v) is 10.9. The summed E-state index contributed by atoms with van der Waals surface area (Å²) >= 11 is 1.31. The molecular formula is C12H19N3OS. The van der Waals surface area contributed by atoms with Gasteiger partial charge in [0.25, 0.3) is 5.91 Å². The number of amides is 1. The summed E-state index contributed by atoms with van der Waals surface area (Å²) in [6.07, 6.45) is 5.93. The van der Waals surface area contributed by atoms with Crippen molar-refractivity contribution in [3.63, 3.8) is 0 Å². The van der Waals surface area contributed by atoms with Gasteiger partial charge < -0.3 is 11.1 Å². The Bertz CT molecular complexity index is 391. The van der Waals surface area contributed by atoms with Crippen LogP contribution in [0.3, 0.4) is 0 Å². The number of thiazole rings is 1. The zero-order valence-electron chi connectivity index (χ0n) is 10.1. The number of nitrogen functional groups attached to an aromatic ring is 1. The topological polar surface area (TPSA) is 68.0 Å². The van der Waals surface area contributed by atoms with Gasteiger partial charge in [-0.2, -0.15) is 0 Å². The minimum atomic E-state index is -0.0803. The third-order valence-electron chi connectivity index (χ3n) is 3.50. The summed E-state index contributed by atoms with van der Waals surface area (Å²) in [5.74, 6) is 0.534. The smallest absolute Gasteiger partial charge is 0.271 e. The molecule has 5 heteroatoms. The fraction of sp³-hybridized carbons (Fsp3) is 0.667. The largest absolute Gasteiger partial charge is 0.375 e. The highest BCUT2D eigenvalue weighted by molar-refractivity contribution is 7.13. The monoisotopic (exact) mass is 253 g/mol. The number of nitrogens with two attached hydrogens (primary N) is 1. The maximum Gasteiger partial charge on any atom is 0.271 e. The van der Waals surface area contributed by atoms with Gasteiger partial charge in [0.05, 0.1) is 0 Å². The molecule has 0 radical (unpaired) electrons. The van der Waals surface area contributed by atoms with Crippen LogP contribution in [0, 0.1) is 5.92 Å². The Morgan fingerprint density at radius 1 is 1.59 bits per heavy atom. The molecule has 1 aliphatic rings. The first-order chi connectivity index (χ1) is 8.20. The average Bonchev–Trinajstić information content (AvgIpc) is 2.77. The van der Waals surface area contributed by atoms with Crippen molar-refractivity contribution in [2.45, 2.75) is 45.1 Å². The van der Waals surface area contributed by atoms with Crippen LogP contribution in [0.5, 0.6) is 0 Å². The number of carbonyl (C=O) groups is 1. The molecule has 2 rings (SSSR count). The molecule has 1 aromatic heterocycles. The standard InChI is InChI=1S/C12H19N3OS/c1-2-8-5-3-4-6-9(8)14-11(16)10-7-17-12(13)15-10/h7-9H,2-6H2,1H3,(H2,13,15)(H,14,16). The summed E-state index contributed by atoms with van der Waals surface area (Å²) in [4.78, 5) is 16.0. The van der Waals surface area contributed by atoms with Gasteiger partial charge in [-0.3, -0.25) is 4.79 Å². The fourth-order valence-electron chi connectivity index (χ4n) is 2.52. The highest BCUT2D eigenvalue weighted by Crippen LogP contribution is 2.27. The van der Waals surface area contributed by atoms with Crippen LogP contribution in [0.1, 0.15) is 49.5 Å². The minimum absolute atomic E-state index is 0.0803. The molecule has 0 bridgehead atoms. The number of hydrogen-bond acceptors (Lipinski definition) is 4. The van der Waals surface area contributed by atoms with Gasteiger partial charge in [0.1, 0.15) is 5.69 Å². The molecular weight excluding hydrogens is 234 g/mol. The second kappa shape index (κ2) is 5.49. The molecule has 0 saturated heterocycles. The summed E-state index contributed by atoms with van der Waals surface area (Å²) in [5, 5.41) is 5.27. The van der Waals surface area contributed by atoms with E-state index in [1.165, 1.54) is 30.6 Å². The number of nitrogens with zero attached hydrogens (tertiary/aromatic N) is 1. The Kier molecular flexibility index (Phi) is 3.99. The second-order valence-corrected chi connectivity index (χ2v) is 5.49. The van der Waals surface area contributed by atoms with Crippen molar-refractivity contribution in [3.8, 4) is 0 Å². The molecule has 1 fully saturated rings. The van der Waals surface area contributed by atoms with Gasteiger partial charge in [-0.1, -0.05) is 26.2 Å². The normalized spacial score (nSPS) is 24.5. The molecule has 94 valence electrons. The molecule has 0 spiro atoms. The third kappa shape index (κ3) is 2.97. The van der Waals surface area contributed by atoms with Crippen LogP contribution in [0.2, 0.25) is 0 Å². The van der Waals surface area contributed by atoms with Crippen molar-refractivity contribution in [1.29, 1.82) is 0 Å². The van der Waals surface area contributed by atoms with E-state index in [2.05, 4.69) is 17.2 Å². The van der Waals surface area contributed by atoms with E-state index in [0.29, 0.717) is 22.8 Å². The minimum Gasteiger partial charge on any atom is -0.375 e. The van der Waals surface area contributed by atoms with Crippen LogP contribution < -0.4 is 11.1 Å². The molecule has 1 aliphatic carbocycles. The number of nitrogens with one attached hydrogen (secondary N) is 1. The lowest BCUT2D eigenvalue weighted by Crippen LogP contribution is -2.42. The summed E-state index contributed by atoms with van der Waals surface area (Å²) in [5.41, 5.74) is 5.98. The van der Waals surface area contributed by atoms with Crippen molar-refractivity contribution < 1.29 is 4.79 Å². The van der Waals surface area contributed by atoms with E-state index in [0.717, 1.165) is 12.8 Å².